The Morgan fingerprint density at radius 3 is 2.42 bits per heavy atom. The van der Waals surface area contributed by atoms with Crippen LogP contribution in [0.15, 0.2) is 59.7 Å². The highest BCUT2D eigenvalue weighted by atomic mass is 32.2. The molecule has 0 aliphatic carbocycles. The van der Waals surface area contributed by atoms with Gasteiger partial charge in [0.1, 0.15) is 35.6 Å². The van der Waals surface area contributed by atoms with Gasteiger partial charge in [0.2, 0.25) is 5.91 Å². The van der Waals surface area contributed by atoms with Crippen molar-refractivity contribution in [3.63, 3.8) is 0 Å². The Hall–Kier alpha value is -2.14. The molecule has 212 valence electrons. The SMILES string of the molecule is C=C(C)/C(=C\C(=C/C)[C@@H]1O[C@H](SC)[C@@H](O)[C@H](O)[C@H]1O)Cc1ccc(OCCCNCC(C)(C)C(N)=O)cc1. The molecular formula is C29H44N2O6S. The van der Waals surface area contributed by atoms with Crippen molar-refractivity contribution < 1.29 is 29.6 Å². The minimum absolute atomic E-state index is 0.323. The Morgan fingerprint density at radius 1 is 1.21 bits per heavy atom. The first-order chi connectivity index (χ1) is 17.9. The van der Waals surface area contributed by atoms with E-state index in [0.717, 1.165) is 35.4 Å². The van der Waals surface area contributed by atoms with Crippen molar-refractivity contribution in [2.45, 2.75) is 70.4 Å². The molecule has 1 aliphatic rings. The molecule has 2 rings (SSSR count). The van der Waals surface area contributed by atoms with Crippen LogP contribution >= 0.6 is 11.8 Å². The van der Waals surface area contributed by atoms with Gasteiger partial charge < -0.3 is 35.8 Å². The minimum Gasteiger partial charge on any atom is -0.494 e. The van der Waals surface area contributed by atoms with Crippen LogP contribution in [0.3, 0.4) is 0 Å². The number of carbonyl (C=O) groups excluding carboxylic acids is 1. The first-order valence-electron chi connectivity index (χ1n) is 12.9. The molecule has 9 heteroatoms. The molecule has 0 radical (unpaired) electrons. The maximum absolute atomic E-state index is 11.4. The second-order valence-corrected chi connectivity index (χ2v) is 11.3. The van der Waals surface area contributed by atoms with E-state index in [4.69, 9.17) is 15.2 Å². The number of rotatable bonds is 14. The van der Waals surface area contributed by atoms with Crippen LogP contribution in [0.25, 0.3) is 0 Å². The van der Waals surface area contributed by atoms with Crippen LogP contribution < -0.4 is 15.8 Å². The summed E-state index contributed by atoms with van der Waals surface area (Å²) in [5.74, 6) is 0.450. The van der Waals surface area contributed by atoms with Gasteiger partial charge in [-0.15, -0.1) is 11.8 Å². The van der Waals surface area contributed by atoms with Crippen LogP contribution in [-0.2, 0) is 16.0 Å². The molecule has 0 unspecified atom stereocenters. The second kappa shape index (κ2) is 14.9. The summed E-state index contributed by atoms with van der Waals surface area (Å²) in [6.45, 7) is 13.3. The third kappa shape index (κ3) is 8.97. The van der Waals surface area contributed by atoms with E-state index < -0.39 is 35.3 Å². The number of hydrogen-bond donors (Lipinski definition) is 5. The zero-order valence-corrected chi connectivity index (χ0v) is 24.0. The average Bonchev–Trinajstić information content (AvgIpc) is 2.88. The smallest absolute Gasteiger partial charge is 0.224 e. The third-order valence-electron chi connectivity index (χ3n) is 6.67. The van der Waals surface area contributed by atoms with Crippen molar-refractivity contribution in [3.05, 3.63) is 65.3 Å². The normalized spacial score (nSPS) is 24.8. The van der Waals surface area contributed by atoms with Crippen molar-refractivity contribution in [1.29, 1.82) is 0 Å². The summed E-state index contributed by atoms with van der Waals surface area (Å²) in [7, 11) is 0. The molecule has 1 aromatic carbocycles. The fraction of sp³-hybridized carbons (Fsp3) is 0.552. The largest absolute Gasteiger partial charge is 0.494 e. The number of hydrogen-bond acceptors (Lipinski definition) is 8. The maximum atomic E-state index is 11.4. The molecule has 0 bridgehead atoms. The lowest BCUT2D eigenvalue weighted by molar-refractivity contribution is -0.186. The highest BCUT2D eigenvalue weighted by molar-refractivity contribution is 7.99. The number of primary amides is 1. The highest BCUT2D eigenvalue weighted by Crippen LogP contribution is 2.32. The number of amides is 1. The Labute approximate surface area is 231 Å². The lowest BCUT2D eigenvalue weighted by Gasteiger charge is -2.40. The number of allylic oxidation sites excluding steroid dienone is 3. The van der Waals surface area contributed by atoms with Gasteiger partial charge in [-0.3, -0.25) is 4.79 Å². The molecule has 5 atom stereocenters. The monoisotopic (exact) mass is 548 g/mol. The topological polar surface area (TPSA) is 134 Å². The second-order valence-electron chi connectivity index (χ2n) is 10.3. The molecule has 1 saturated heterocycles. The fourth-order valence-corrected chi connectivity index (χ4v) is 4.64. The number of ether oxygens (including phenoxy) is 2. The van der Waals surface area contributed by atoms with Gasteiger partial charge in [0, 0.05) is 6.54 Å². The van der Waals surface area contributed by atoms with Gasteiger partial charge in [-0.2, -0.15) is 0 Å². The van der Waals surface area contributed by atoms with E-state index in [2.05, 4.69) is 11.9 Å². The summed E-state index contributed by atoms with van der Waals surface area (Å²) < 4.78 is 11.8. The Kier molecular flexibility index (Phi) is 12.5. The van der Waals surface area contributed by atoms with Crippen LogP contribution in [0.1, 0.15) is 39.7 Å². The Morgan fingerprint density at radius 2 is 1.87 bits per heavy atom. The lowest BCUT2D eigenvalue weighted by atomic mass is 9.90. The van der Waals surface area contributed by atoms with E-state index >= 15 is 0 Å². The van der Waals surface area contributed by atoms with Gasteiger partial charge in [0.25, 0.3) is 0 Å². The molecule has 6 N–H and O–H groups in total. The molecule has 1 amide bonds. The first-order valence-corrected chi connectivity index (χ1v) is 14.2. The molecule has 38 heavy (non-hydrogen) atoms. The third-order valence-corrected chi connectivity index (χ3v) is 7.53. The van der Waals surface area contributed by atoms with Crippen molar-refractivity contribution in [3.8, 4) is 5.75 Å². The van der Waals surface area contributed by atoms with Gasteiger partial charge in [-0.1, -0.05) is 36.4 Å². The molecule has 1 heterocycles. The fourth-order valence-electron chi connectivity index (χ4n) is 3.97. The average molecular weight is 549 g/mol. The van der Waals surface area contributed by atoms with Crippen LogP contribution in [-0.4, -0.2) is 77.0 Å². The molecule has 0 aromatic heterocycles. The summed E-state index contributed by atoms with van der Waals surface area (Å²) in [4.78, 5) is 11.4. The molecule has 1 aromatic rings. The van der Waals surface area contributed by atoms with Crippen molar-refractivity contribution >= 4 is 17.7 Å². The van der Waals surface area contributed by atoms with E-state index in [-0.39, 0.29) is 5.91 Å². The van der Waals surface area contributed by atoms with E-state index in [1.165, 1.54) is 11.8 Å². The van der Waals surface area contributed by atoms with Crippen molar-refractivity contribution in [2.75, 3.05) is 26.0 Å². The van der Waals surface area contributed by atoms with Gasteiger partial charge >= 0.3 is 0 Å². The number of nitrogens with one attached hydrogen (secondary N) is 1. The van der Waals surface area contributed by atoms with Crippen molar-refractivity contribution in [1.82, 2.24) is 5.32 Å². The molecule has 1 fully saturated rings. The van der Waals surface area contributed by atoms with E-state index in [1.807, 2.05) is 64.1 Å². The zero-order chi connectivity index (χ0) is 28.5. The lowest BCUT2D eigenvalue weighted by Crippen LogP contribution is -2.56. The number of aliphatic hydroxyl groups excluding tert-OH is 3. The molecule has 0 spiro atoms. The number of aliphatic hydroxyl groups is 3. The molecular weight excluding hydrogens is 504 g/mol. The summed E-state index contributed by atoms with van der Waals surface area (Å²) >= 11 is 1.29. The predicted octanol–water partition coefficient (Wildman–Crippen LogP) is 2.72. The van der Waals surface area contributed by atoms with Gasteiger partial charge in [-0.05, 0) is 82.2 Å². The summed E-state index contributed by atoms with van der Waals surface area (Å²) in [6, 6.07) is 7.87. The highest BCUT2D eigenvalue weighted by Gasteiger charge is 2.44. The molecule has 1 aliphatic heterocycles. The number of thioether (sulfide) groups is 1. The first kappa shape index (κ1) is 32.1. The number of benzene rings is 1. The Bertz CT molecular complexity index is 989. The summed E-state index contributed by atoms with van der Waals surface area (Å²) in [5.41, 5.74) is 7.80. The standard InChI is InChI=1S/C29H44N2O6S/c1-7-20(26-24(33)23(32)25(34)27(37-26)38-6)16-21(18(2)3)15-19-9-11-22(12-10-19)36-14-8-13-31-17-29(4,5)28(30)35/h7,9-12,16,23-27,31-34H,2,8,13-15,17H2,1,3-6H3,(H2,30,35)/b20-7+,21-16-/t23-,24-,25+,26+,27-/m1/s1. The molecule has 8 nitrogen and oxygen atoms in total. The van der Waals surface area contributed by atoms with Crippen LogP contribution in [0, 0.1) is 5.41 Å². The van der Waals surface area contributed by atoms with E-state index in [0.29, 0.717) is 25.1 Å². The summed E-state index contributed by atoms with van der Waals surface area (Å²) in [6.07, 6.45) is 2.51. The summed E-state index contributed by atoms with van der Waals surface area (Å²) in [5, 5.41) is 34.3. The molecule has 0 saturated carbocycles. The Balaban J connectivity index is 1.97. The van der Waals surface area contributed by atoms with Crippen LogP contribution in [0.5, 0.6) is 5.75 Å². The minimum atomic E-state index is -1.30. The van der Waals surface area contributed by atoms with Gasteiger partial charge in [0.05, 0.1) is 12.0 Å². The zero-order valence-electron chi connectivity index (χ0n) is 23.1. The van der Waals surface area contributed by atoms with E-state index in [9.17, 15) is 20.1 Å². The van der Waals surface area contributed by atoms with Gasteiger partial charge in [0.15, 0.2) is 0 Å². The van der Waals surface area contributed by atoms with Crippen LogP contribution in [0.4, 0.5) is 0 Å². The van der Waals surface area contributed by atoms with Gasteiger partial charge in [-0.25, -0.2) is 0 Å². The number of carbonyl (C=O) groups is 1. The predicted molar refractivity (Wildman–Crippen MR) is 153 cm³/mol. The van der Waals surface area contributed by atoms with Crippen LogP contribution in [0.2, 0.25) is 0 Å². The van der Waals surface area contributed by atoms with Crippen molar-refractivity contribution in [2.24, 2.45) is 11.1 Å². The maximum Gasteiger partial charge on any atom is 0.224 e. The number of nitrogens with two attached hydrogens (primary N) is 1. The van der Waals surface area contributed by atoms with E-state index in [1.54, 1.807) is 6.26 Å². The quantitative estimate of drug-likeness (QED) is 0.177.